The maximum Gasteiger partial charge on any atom is 0.265 e. The van der Waals surface area contributed by atoms with Crippen molar-refractivity contribution in [3.8, 4) is 5.75 Å². The Morgan fingerprint density at radius 1 is 1.24 bits per heavy atom. The van der Waals surface area contributed by atoms with Crippen LogP contribution >= 0.6 is 11.6 Å². The normalized spacial score (nSPS) is 14.6. The van der Waals surface area contributed by atoms with Crippen molar-refractivity contribution >= 4 is 34.8 Å². The molecule has 0 saturated heterocycles. The van der Waals surface area contributed by atoms with E-state index in [2.05, 4.69) is 5.32 Å². The lowest BCUT2D eigenvalue weighted by Crippen LogP contribution is -2.49. The highest BCUT2D eigenvalue weighted by Crippen LogP contribution is 2.34. The number of fused-ring (bicyclic) bond motifs is 1. The molecule has 1 N–H and O–H groups in total. The summed E-state index contributed by atoms with van der Waals surface area (Å²) in [7, 11) is 0. The van der Waals surface area contributed by atoms with Gasteiger partial charge in [-0.15, -0.1) is 0 Å². The summed E-state index contributed by atoms with van der Waals surface area (Å²) < 4.78 is 5.46. The first-order valence-corrected chi connectivity index (χ1v) is 8.37. The molecule has 25 heavy (non-hydrogen) atoms. The van der Waals surface area contributed by atoms with Gasteiger partial charge in [0, 0.05) is 10.7 Å². The number of carbonyl (C=O) groups is 2. The van der Waals surface area contributed by atoms with Crippen LogP contribution in [0.5, 0.6) is 5.75 Å². The van der Waals surface area contributed by atoms with Gasteiger partial charge < -0.3 is 10.1 Å². The number of nitrogens with zero attached hydrogens (tertiary/aromatic N) is 1. The third kappa shape index (κ3) is 3.46. The van der Waals surface area contributed by atoms with E-state index in [1.165, 1.54) is 4.90 Å². The summed E-state index contributed by atoms with van der Waals surface area (Å²) in [6, 6.07) is 10.2. The monoisotopic (exact) mass is 358 g/mol. The van der Waals surface area contributed by atoms with Gasteiger partial charge in [0.2, 0.25) is 5.91 Å². The molecule has 0 saturated carbocycles. The second-order valence-corrected chi connectivity index (χ2v) is 6.56. The molecule has 3 rings (SSSR count). The maximum absolute atomic E-state index is 12.7. The van der Waals surface area contributed by atoms with Gasteiger partial charge >= 0.3 is 0 Å². The summed E-state index contributed by atoms with van der Waals surface area (Å²) in [6.45, 7) is 5.43. The van der Waals surface area contributed by atoms with Gasteiger partial charge in [0.15, 0.2) is 6.61 Å². The Labute approximate surface area is 151 Å². The highest BCUT2D eigenvalue weighted by Gasteiger charge is 2.33. The lowest BCUT2D eigenvalue weighted by Gasteiger charge is -2.33. The number of aryl methyl sites for hydroxylation is 2. The van der Waals surface area contributed by atoms with Crippen LogP contribution in [-0.4, -0.2) is 24.5 Å². The number of nitrogens with one attached hydrogen (secondary N) is 1. The fraction of sp³-hybridized carbons (Fsp3) is 0.263. The van der Waals surface area contributed by atoms with Crippen molar-refractivity contribution in [1.82, 2.24) is 0 Å². The molecule has 0 bridgehead atoms. The minimum atomic E-state index is -0.683. The van der Waals surface area contributed by atoms with E-state index in [4.69, 9.17) is 16.3 Å². The molecule has 1 aliphatic heterocycles. The van der Waals surface area contributed by atoms with Crippen LogP contribution in [0, 0.1) is 13.8 Å². The molecule has 1 atom stereocenters. The Balaban J connectivity index is 1.85. The van der Waals surface area contributed by atoms with Crippen LogP contribution in [0.4, 0.5) is 11.4 Å². The quantitative estimate of drug-likeness (QED) is 0.909. The molecule has 1 aliphatic rings. The molecule has 0 aromatic heterocycles. The zero-order chi connectivity index (χ0) is 18.1. The van der Waals surface area contributed by atoms with Crippen LogP contribution in [0.15, 0.2) is 36.4 Å². The first kappa shape index (κ1) is 17.3. The molecular formula is C19H19ClN2O3. The fourth-order valence-corrected chi connectivity index (χ4v) is 2.92. The molecule has 0 fully saturated rings. The molecule has 2 aromatic rings. The molecule has 0 spiro atoms. The van der Waals surface area contributed by atoms with E-state index in [0.717, 1.165) is 11.1 Å². The average molecular weight is 359 g/mol. The summed E-state index contributed by atoms with van der Waals surface area (Å²) >= 11 is 6.10. The predicted octanol–water partition coefficient (Wildman–Crippen LogP) is 3.71. The van der Waals surface area contributed by atoms with Gasteiger partial charge in [0.25, 0.3) is 5.91 Å². The molecule has 5 nitrogen and oxygen atoms in total. The van der Waals surface area contributed by atoms with Gasteiger partial charge in [0.1, 0.15) is 11.8 Å². The molecule has 2 aromatic carbocycles. The Bertz CT molecular complexity index is 851. The van der Waals surface area contributed by atoms with Crippen LogP contribution in [0.3, 0.4) is 0 Å². The van der Waals surface area contributed by atoms with Crippen molar-refractivity contribution in [3.05, 3.63) is 52.5 Å². The minimum absolute atomic E-state index is 0.0793. The lowest BCUT2D eigenvalue weighted by atomic mass is 10.1. The molecular weight excluding hydrogens is 340 g/mol. The molecule has 1 heterocycles. The van der Waals surface area contributed by atoms with Gasteiger partial charge in [0.05, 0.1) is 5.69 Å². The lowest BCUT2D eigenvalue weighted by molar-refractivity contribution is -0.125. The first-order chi connectivity index (χ1) is 11.9. The van der Waals surface area contributed by atoms with E-state index < -0.39 is 6.04 Å². The summed E-state index contributed by atoms with van der Waals surface area (Å²) in [5, 5.41) is 3.39. The van der Waals surface area contributed by atoms with Gasteiger partial charge in [-0.2, -0.15) is 0 Å². The largest absolute Gasteiger partial charge is 0.482 e. The summed E-state index contributed by atoms with van der Waals surface area (Å²) in [4.78, 5) is 26.5. The smallest absolute Gasteiger partial charge is 0.265 e. The molecule has 6 heteroatoms. The topological polar surface area (TPSA) is 58.6 Å². The second-order valence-electron chi connectivity index (χ2n) is 6.15. The van der Waals surface area contributed by atoms with Crippen molar-refractivity contribution in [2.45, 2.75) is 26.8 Å². The number of halogens is 1. The van der Waals surface area contributed by atoms with E-state index in [9.17, 15) is 9.59 Å². The van der Waals surface area contributed by atoms with E-state index >= 15 is 0 Å². The van der Waals surface area contributed by atoms with Crippen molar-refractivity contribution in [2.75, 3.05) is 16.8 Å². The number of anilines is 2. The van der Waals surface area contributed by atoms with Crippen LogP contribution in [0.2, 0.25) is 5.02 Å². The minimum Gasteiger partial charge on any atom is -0.482 e. The van der Waals surface area contributed by atoms with E-state index in [-0.39, 0.29) is 18.4 Å². The molecule has 1 unspecified atom stereocenters. The maximum atomic E-state index is 12.7. The summed E-state index contributed by atoms with van der Waals surface area (Å²) in [5.74, 6) is 0.0635. The van der Waals surface area contributed by atoms with E-state index in [1.807, 2.05) is 38.1 Å². The third-order valence-corrected chi connectivity index (χ3v) is 4.61. The standard InChI is InChI=1S/C19H19ClN2O3/c1-11-4-7-17-16(8-11)22(18(23)10-25-17)13(3)19(24)21-14-6-5-12(2)15(20)9-14/h4-9,13H,10H2,1-3H3,(H,21,24). The van der Waals surface area contributed by atoms with Gasteiger partial charge in [-0.25, -0.2) is 0 Å². The Kier molecular flexibility index (Phi) is 4.68. The van der Waals surface area contributed by atoms with Gasteiger partial charge in [-0.3, -0.25) is 14.5 Å². The van der Waals surface area contributed by atoms with Crippen molar-refractivity contribution in [2.24, 2.45) is 0 Å². The number of amides is 2. The number of carbonyl (C=O) groups excluding carboxylic acids is 2. The zero-order valence-corrected chi connectivity index (χ0v) is 15.1. The van der Waals surface area contributed by atoms with Crippen LogP contribution in [-0.2, 0) is 9.59 Å². The molecule has 0 aliphatic carbocycles. The number of hydrogen-bond donors (Lipinski definition) is 1. The van der Waals surface area contributed by atoms with Crippen LogP contribution < -0.4 is 15.0 Å². The molecule has 0 radical (unpaired) electrons. The summed E-state index contributed by atoms with van der Waals surface area (Å²) in [6.07, 6.45) is 0. The SMILES string of the molecule is Cc1ccc2c(c1)N(C(C)C(=O)Nc1ccc(C)c(Cl)c1)C(=O)CO2. The predicted molar refractivity (Wildman–Crippen MR) is 98.4 cm³/mol. The number of hydrogen-bond acceptors (Lipinski definition) is 3. The highest BCUT2D eigenvalue weighted by molar-refractivity contribution is 6.31. The van der Waals surface area contributed by atoms with Gasteiger partial charge in [-0.05, 0) is 56.2 Å². The van der Waals surface area contributed by atoms with E-state index in [0.29, 0.717) is 22.1 Å². The van der Waals surface area contributed by atoms with Gasteiger partial charge in [-0.1, -0.05) is 23.7 Å². The van der Waals surface area contributed by atoms with Crippen molar-refractivity contribution in [1.29, 1.82) is 0 Å². The van der Waals surface area contributed by atoms with Crippen LogP contribution in [0.1, 0.15) is 18.1 Å². The van der Waals surface area contributed by atoms with Crippen molar-refractivity contribution < 1.29 is 14.3 Å². The van der Waals surface area contributed by atoms with Crippen molar-refractivity contribution in [3.63, 3.8) is 0 Å². The molecule has 2 amide bonds. The fourth-order valence-electron chi connectivity index (χ4n) is 2.74. The Morgan fingerprint density at radius 2 is 2.00 bits per heavy atom. The first-order valence-electron chi connectivity index (χ1n) is 7.99. The Hall–Kier alpha value is -2.53. The molecule has 130 valence electrons. The Morgan fingerprint density at radius 3 is 2.72 bits per heavy atom. The number of benzene rings is 2. The van der Waals surface area contributed by atoms with Crippen LogP contribution in [0.25, 0.3) is 0 Å². The van der Waals surface area contributed by atoms with E-state index in [1.54, 1.807) is 19.1 Å². The number of ether oxygens (including phenoxy) is 1. The average Bonchev–Trinajstić information content (AvgIpc) is 2.57. The zero-order valence-electron chi connectivity index (χ0n) is 14.3. The summed E-state index contributed by atoms with van der Waals surface area (Å²) in [5.41, 5.74) is 3.12. The third-order valence-electron chi connectivity index (χ3n) is 4.20. The second kappa shape index (κ2) is 6.76. The highest BCUT2D eigenvalue weighted by atomic mass is 35.5. The number of rotatable bonds is 3.